The summed E-state index contributed by atoms with van der Waals surface area (Å²) >= 11 is 2.39. The average Bonchev–Trinajstić information content (AvgIpc) is 3.24. The molecule has 1 unspecified atom stereocenters. The number of nitriles is 1. The van der Waals surface area contributed by atoms with Gasteiger partial charge in [-0.3, -0.25) is 19.7 Å². The Hall–Kier alpha value is -3.88. The van der Waals surface area contributed by atoms with Crippen LogP contribution in [0.15, 0.2) is 65.8 Å². The fraction of sp³-hybridized carbons (Fsp3) is 0.208. The number of nitro groups is 1. The molecule has 4 rings (SSSR count). The lowest BCUT2D eigenvalue weighted by Crippen LogP contribution is -2.35. The smallest absolute Gasteiger partial charge is 0.272 e. The van der Waals surface area contributed by atoms with Gasteiger partial charge in [-0.1, -0.05) is 60.0 Å². The van der Waals surface area contributed by atoms with Crippen LogP contribution in [-0.2, 0) is 9.59 Å². The fourth-order valence-corrected chi connectivity index (χ4v) is 5.89. The van der Waals surface area contributed by atoms with Crippen molar-refractivity contribution in [3.63, 3.8) is 0 Å². The molecule has 35 heavy (non-hydrogen) atoms. The van der Waals surface area contributed by atoms with E-state index in [1.165, 1.54) is 30.4 Å². The SMILES string of the molecule is C=C1N=C(SCC(=O)Nc2nc3ccccc3s2)C(C#N)[C@H](c2ccccc2[N+](=O)[O-])[C@H]1C(C)=O. The molecule has 0 radical (unpaired) electrons. The number of aliphatic imine (C=N–C) groups is 1. The Bertz CT molecular complexity index is 1390. The van der Waals surface area contributed by atoms with Crippen LogP contribution in [0, 0.1) is 33.3 Å². The summed E-state index contributed by atoms with van der Waals surface area (Å²) in [6.07, 6.45) is 0. The number of hydrogen-bond acceptors (Lipinski definition) is 9. The predicted molar refractivity (Wildman–Crippen MR) is 136 cm³/mol. The van der Waals surface area contributed by atoms with Crippen molar-refractivity contribution in [2.45, 2.75) is 12.8 Å². The number of benzene rings is 2. The highest BCUT2D eigenvalue weighted by atomic mass is 32.2. The van der Waals surface area contributed by atoms with Crippen LogP contribution in [0.4, 0.5) is 10.8 Å². The molecule has 9 nitrogen and oxygen atoms in total. The van der Waals surface area contributed by atoms with E-state index < -0.39 is 22.7 Å². The van der Waals surface area contributed by atoms with Crippen LogP contribution in [0.5, 0.6) is 0 Å². The Balaban J connectivity index is 1.59. The number of amides is 1. The Morgan fingerprint density at radius 3 is 2.66 bits per heavy atom. The normalized spacial score (nSPS) is 19.6. The van der Waals surface area contributed by atoms with E-state index in [4.69, 9.17) is 0 Å². The topological polar surface area (TPSA) is 138 Å². The molecule has 3 aromatic rings. The van der Waals surface area contributed by atoms with Gasteiger partial charge in [0.15, 0.2) is 5.13 Å². The molecule has 11 heteroatoms. The lowest BCUT2D eigenvalue weighted by Gasteiger charge is -2.33. The van der Waals surface area contributed by atoms with Crippen molar-refractivity contribution in [1.82, 2.24) is 4.98 Å². The quantitative estimate of drug-likeness (QED) is 0.370. The number of anilines is 1. The molecule has 0 aliphatic carbocycles. The minimum Gasteiger partial charge on any atom is -0.301 e. The summed E-state index contributed by atoms with van der Waals surface area (Å²) in [4.78, 5) is 45.0. The van der Waals surface area contributed by atoms with Crippen LogP contribution in [0.3, 0.4) is 0 Å². The Morgan fingerprint density at radius 1 is 1.26 bits per heavy atom. The molecule has 0 fully saturated rings. The van der Waals surface area contributed by atoms with Crippen molar-refractivity contribution in [1.29, 1.82) is 5.26 Å². The number of carbonyl (C=O) groups is 2. The zero-order valence-electron chi connectivity index (χ0n) is 18.5. The van der Waals surface area contributed by atoms with Crippen LogP contribution in [-0.4, -0.2) is 32.4 Å². The molecule has 1 aliphatic heterocycles. The number of carbonyl (C=O) groups excluding carboxylic acids is 2. The van der Waals surface area contributed by atoms with Crippen LogP contribution in [0.2, 0.25) is 0 Å². The second-order valence-corrected chi connectivity index (χ2v) is 9.83. The number of para-hydroxylation sites is 2. The van der Waals surface area contributed by atoms with Gasteiger partial charge in [0.05, 0.1) is 37.9 Å². The molecule has 0 saturated heterocycles. The molecule has 2 heterocycles. The van der Waals surface area contributed by atoms with Crippen molar-refractivity contribution in [2.24, 2.45) is 16.8 Å². The van der Waals surface area contributed by atoms with Gasteiger partial charge in [-0.05, 0) is 19.1 Å². The summed E-state index contributed by atoms with van der Waals surface area (Å²) in [6, 6.07) is 15.7. The Kier molecular flexibility index (Phi) is 7.04. The van der Waals surface area contributed by atoms with Gasteiger partial charge in [-0.25, -0.2) is 9.98 Å². The summed E-state index contributed by atoms with van der Waals surface area (Å²) in [5.74, 6) is -3.39. The minimum atomic E-state index is -0.962. The zero-order chi connectivity index (χ0) is 25.1. The van der Waals surface area contributed by atoms with E-state index in [1.54, 1.807) is 12.1 Å². The Morgan fingerprint density at radius 2 is 1.97 bits per heavy atom. The van der Waals surface area contributed by atoms with Gasteiger partial charge >= 0.3 is 0 Å². The van der Waals surface area contributed by atoms with Crippen LogP contribution < -0.4 is 5.32 Å². The number of hydrogen-bond donors (Lipinski definition) is 1. The lowest BCUT2D eigenvalue weighted by molar-refractivity contribution is -0.385. The molecular weight excluding hydrogens is 486 g/mol. The van der Waals surface area contributed by atoms with Gasteiger partial charge in [0.25, 0.3) is 5.69 Å². The number of nitrogens with one attached hydrogen (secondary N) is 1. The number of nitro benzene ring substituents is 1. The van der Waals surface area contributed by atoms with Crippen LogP contribution in [0.1, 0.15) is 18.4 Å². The molecule has 1 N–H and O–H groups in total. The predicted octanol–water partition coefficient (Wildman–Crippen LogP) is 4.93. The standard InChI is InChI=1S/C24H19N5O4S2/c1-13-21(14(2)30)22(15-7-3-5-9-18(15)29(32)33)16(11-25)23(26-13)34-12-20(31)28-24-27-17-8-4-6-10-19(17)35-24/h3-10,16,21-22H,1,12H2,2H3,(H,27,28,31)/t16?,21-,22+/m1/s1. The molecule has 2 aromatic carbocycles. The van der Waals surface area contributed by atoms with Crippen molar-refractivity contribution < 1.29 is 14.5 Å². The highest BCUT2D eigenvalue weighted by molar-refractivity contribution is 8.14. The van der Waals surface area contributed by atoms with Crippen LogP contribution in [0.25, 0.3) is 10.2 Å². The number of allylic oxidation sites excluding steroid dienone is 1. The number of aromatic nitrogens is 1. The molecule has 1 amide bonds. The zero-order valence-corrected chi connectivity index (χ0v) is 20.1. The first kappa shape index (κ1) is 24.3. The van der Waals surface area contributed by atoms with E-state index in [2.05, 4.69) is 27.9 Å². The summed E-state index contributed by atoms with van der Waals surface area (Å²) in [7, 11) is 0. The van der Waals surface area contributed by atoms with Gasteiger partial charge in [0.1, 0.15) is 11.7 Å². The molecule has 1 aliphatic rings. The van der Waals surface area contributed by atoms with E-state index in [1.807, 2.05) is 24.3 Å². The molecule has 3 atom stereocenters. The van der Waals surface area contributed by atoms with Gasteiger partial charge in [0.2, 0.25) is 5.91 Å². The van der Waals surface area contributed by atoms with E-state index >= 15 is 0 Å². The first-order chi connectivity index (χ1) is 16.8. The monoisotopic (exact) mass is 505 g/mol. The van der Waals surface area contributed by atoms with Gasteiger partial charge < -0.3 is 5.32 Å². The van der Waals surface area contributed by atoms with E-state index in [9.17, 15) is 25.0 Å². The molecular formula is C24H19N5O4S2. The number of thioether (sulfide) groups is 1. The van der Waals surface area contributed by atoms with Crippen molar-refractivity contribution in [3.8, 4) is 6.07 Å². The third-order valence-electron chi connectivity index (χ3n) is 5.56. The third kappa shape index (κ3) is 4.99. The van der Waals surface area contributed by atoms with E-state index in [0.717, 1.165) is 22.0 Å². The highest BCUT2D eigenvalue weighted by Crippen LogP contribution is 2.46. The molecule has 0 saturated carbocycles. The summed E-state index contributed by atoms with van der Waals surface area (Å²) < 4.78 is 0.940. The van der Waals surface area contributed by atoms with Crippen molar-refractivity contribution >= 4 is 60.9 Å². The fourth-order valence-electron chi connectivity index (χ4n) is 4.09. The van der Waals surface area contributed by atoms with E-state index in [0.29, 0.717) is 5.13 Å². The maximum Gasteiger partial charge on any atom is 0.272 e. The second kappa shape index (κ2) is 10.2. The number of fused-ring (bicyclic) bond motifs is 1. The maximum atomic E-state index is 12.6. The Labute approximate surface area is 208 Å². The van der Waals surface area contributed by atoms with Crippen molar-refractivity contribution in [2.75, 3.05) is 11.1 Å². The second-order valence-electron chi connectivity index (χ2n) is 7.80. The molecule has 0 spiro atoms. The first-order valence-corrected chi connectivity index (χ1v) is 12.3. The highest BCUT2D eigenvalue weighted by Gasteiger charge is 2.44. The maximum absolute atomic E-state index is 12.6. The molecule has 0 bridgehead atoms. The number of Topliss-reactive ketones (excluding diaryl/α,β-unsaturated/α-hetero) is 1. The molecule has 1 aromatic heterocycles. The summed E-state index contributed by atoms with van der Waals surface area (Å²) in [5, 5.41) is 25.2. The molecule has 176 valence electrons. The third-order valence-corrected chi connectivity index (χ3v) is 7.56. The van der Waals surface area contributed by atoms with Crippen molar-refractivity contribution in [3.05, 3.63) is 76.5 Å². The van der Waals surface area contributed by atoms with Crippen LogP contribution >= 0.6 is 23.1 Å². The van der Waals surface area contributed by atoms with E-state index in [-0.39, 0.29) is 39.4 Å². The average molecular weight is 506 g/mol. The lowest BCUT2D eigenvalue weighted by atomic mass is 9.72. The first-order valence-electron chi connectivity index (χ1n) is 10.5. The summed E-state index contributed by atoms with van der Waals surface area (Å²) in [5.41, 5.74) is 1.07. The van der Waals surface area contributed by atoms with Gasteiger partial charge in [0, 0.05) is 23.2 Å². The minimum absolute atomic E-state index is 0.0610. The largest absolute Gasteiger partial charge is 0.301 e. The number of ketones is 1. The number of thiazole rings is 1. The number of rotatable bonds is 6. The summed E-state index contributed by atoms with van der Waals surface area (Å²) in [6.45, 7) is 5.25. The van der Waals surface area contributed by atoms with Gasteiger partial charge in [-0.15, -0.1) is 0 Å². The van der Waals surface area contributed by atoms with Gasteiger partial charge in [-0.2, -0.15) is 5.26 Å². The number of nitrogens with zero attached hydrogens (tertiary/aromatic N) is 4.